The molecule has 3 rings (SSSR count). The van der Waals surface area contributed by atoms with Crippen LogP contribution in [0, 0.1) is 6.92 Å². The van der Waals surface area contributed by atoms with Gasteiger partial charge in [0.15, 0.2) is 0 Å². The lowest BCUT2D eigenvalue weighted by atomic mass is 10.2. The minimum atomic E-state index is 0.0245. The van der Waals surface area contributed by atoms with Gasteiger partial charge in [-0.1, -0.05) is 28.9 Å². The van der Waals surface area contributed by atoms with E-state index in [2.05, 4.69) is 10.1 Å². The molecule has 0 radical (unpaired) electrons. The first-order chi connectivity index (χ1) is 11.6. The van der Waals surface area contributed by atoms with Crippen LogP contribution in [0.4, 0.5) is 0 Å². The predicted molar refractivity (Wildman–Crippen MR) is 96.0 cm³/mol. The molecule has 0 bridgehead atoms. The Kier molecular flexibility index (Phi) is 5.32. The van der Waals surface area contributed by atoms with E-state index in [9.17, 15) is 4.79 Å². The van der Waals surface area contributed by atoms with Gasteiger partial charge in [-0.3, -0.25) is 4.79 Å². The first kappa shape index (κ1) is 16.7. The van der Waals surface area contributed by atoms with Gasteiger partial charge in [-0.05, 0) is 30.5 Å². The second kappa shape index (κ2) is 7.63. The number of hydrogen-bond acceptors (Lipinski definition) is 6. The molecule has 0 saturated carbocycles. The predicted octanol–water partition coefficient (Wildman–Crippen LogP) is 3.86. The highest BCUT2D eigenvalue weighted by Crippen LogP contribution is 2.22. The Morgan fingerprint density at radius 1 is 1.29 bits per heavy atom. The zero-order valence-electron chi connectivity index (χ0n) is 13.4. The monoisotopic (exact) mass is 359 g/mol. The number of nitrogens with zero attached hydrogens (tertiary/aromatic N) is 3. The normalized spacial score (nSPS) is 10.8. The Balaban J connectivity index is 1.53. The average molecular weight is 359 g/mol. The minimum absolute atomic E-state index is 0.0245. The van der Waals surface area contributed by atoms with Crippen LogP contribution in [0.3, 0.4) is 0 Å². The van der Waals surface area contributed by atoms with E-state index in [1.165, 1.54) is 17.3 Å². The average Bonchev–Trinajstić information content (AvgIpc) is 3.25. The van der Waals surface area contributed by atoms with Crippen molar-refractivity contribution in [1.82, 2.24) is 15.0 Å². The minimum Gasteiger partial charge on any atom is -0.337 e. The molecule has 0 aliphatic heterocycles. The van der Waals surface area contributed by atoms with Crippen LogP contribution >= 0.6 is 23.1 Å². The zero-order valence-corrected chi connectivity index (χ0v) is 15.1. The molecule has 2 aromatic heterocycles. The van der Waals surface area contributed by atoms with Gasteiger partial charge < -0.3 is 9.42 Å². The summed E-state index contributed by atoms with van der Waals surface area (Å²) in [6.07, 6.45) is 0. The van der Waals surface area contributed by atoms with Gasteiger partial charge in [-0.25, -0.2) is 0 Å². The van der Waals surface area contributed by atoms with E-state index in [0.29, 0.717) is 24.0 Å². The van der Waals surface area contributed by atoms with Crippen molar-refractivity contribution in [2.75, 3.05) is 12.8 Å². The lowest BCUT2D eigenvalue weighted by molar-refractivity contribution is -0.127. The summed E-state index contributed by atoms with van der Waals surface area (Å²) in [6.45, 7) is 2.36. The van der Waals surface area contributed by atoms with Crippen LogP contribution in [0.5, 0.6) is 0 Å². The van der Waals surface area contributed by atoms with E-state index in [4.69, 9.17) is 4.52 Å². The molecule has 0 N–H and O–H groups in total. The van der Waals surface area contributed by atoms with Crippen molar-refractivity contribution in [2.24, 2.45) is 0 Å². The molecule has 2 heterocycles. The first-order valence-electron chi connectivity index (χ1n) is 7.42. The third-order valence-corrected chi connectivity index (χ3v) is 5.25. The Morgan fingerprint density at radius 2 is 2.08 bits per heavy atom. The number of aryl methyl sites for hydroxylation is 1. The molecule has 124 valence electrons. The highest BCUT2D eigenvalue weighted by Gasteiger charge is 2.15. The molecule has 0 aliphatic carbocycles. The van der Waals surface area contributed by atoms with Crippen molar-refractivity contribution >= 4 is 29.0 Å². The molecule has 0 aliphatic rings. The number of benzene rings is 1. The largest absolute Gasteiger partial charge is 0.337 e. The summed E-state index contributed by atoms with van der Waals surface area (Å²) < 4.78 is 5.23. The van der Waals surface area contributed by atoms with Gasteiger partial charge >= 0.3 is 0 Å². The highest BCUT2D eigenvalue weighted by atomic mass is 32.2. The lowest BCUT2D eigenvalue weighted by Gasteiger charge is -2.14. The molecule has 24 heavy (non-hydrogen) atoms. The lowest BCUT2D eigenvalue weighted by Crippen LogP contribution is -2.27. The number of aromatic nitrogens is 2. The third-order valence-electron chi connectivity index (χ3n) is 3.39. The molecule has 7 heteroatoms. The van der Waals surface area contributed by atoms with Crippen LogP contribution in [0.2, 0.25) is 0 Å². The van der Waals surface area contributed by atoms with Crippen molar-refractivity contribution in [2.45, 2.75) is 18.4 Å². The van der Waals surface area contributed by atoms with Crippen LogP contribution in [0.25, 0.3) is 10.7 Å². The standard InChI is InChI=1S/C17H17N3O2S2/c1-12-5-7-13(8-6-12)24-11-16(21)20(2)10-15-18-17(19-22-15)14-4-3-9-23-14/h3-9H,10-11H2,1-2H3. The van der Waals surface area contributed by atoms with Crippen molar-refractivity contribution in [3.63, 3.8) is 0 Å². The summed E-state index contributed by atoms with van der Waals surface area (Å²) in [6, 6.07) is 12.0. The second-order valence-corrected chi connectivity index (χ2v) is 7.34. The summed E-state index contributed by atoms with van der Waals surface area (Å²) in [7, 11) is 1.74. The fourth-order valence-corrected chi connectivity index (χ4v) is 3.49. The van der Waals surface area contributed by atoms with Gasteiger partial charge in [0.25, 0.3) is 0 Å². The molecule has 0 unspecified atom stereocenters. The van der Waals surface area contributed by atoms with Crippen molar-refractivity contribution in [3.8, 4) is 10.7 Å². The first-order valence-corrected chi connectivity index (χ1v) is 9.28. The highest BCUT2D eigenvalue weighted by molar-refractivity contribution is 8.00. The molecule has 0 saturated heterocycles. The number of thiophene rings is 1. The topological polar surface area (TPSA) is 59.2 Å². The number of amides is 1. The summed E-state index contributed by atoms with van der Waals surface area (Å²) in [5.74, 6) is 1.41. The summed E-state index contributed by atoms with van der Waals surface area (Å²) in [5, 5.41) is 5.92. The summed E-state index contributed by atoms with van der Waals surface area (Å²) in [4.78, 5) is 20.2. The van der Waals surface area contributed by atoms with Gasteiger partial charge in [0, 0.05) is 11.9 Å². The number of carbonyl (C=O) groups excluding carboxylic acids is 1. The molecule has 0 fully saturated rings. The molecule has 5 nitrogen and oxygen atoms in total. The summed E-state index contributed by atoms with van der Waals surface area (Å²) in [5.41, 5.74) is 1.21. The van der Waals surface area contributed by atoms with Gasteiger partial charge in [-0.2, -0.15) is 4.98 Å². The Bertz CT molecular complexity index is 798. The van der Waals surface area contributed by atoms with Crippen molar-refractivity contribution in [1.29, 1.82) is 0 Å². The molecular weight excluding hydrogens is 342 g/mol. The molecular formula is C17H17N3O2S2. The van der Waals surface area contributed by atoms with Crippen LogP contribution in [-0.2, 0) is 11.3 Å². The third kappa shape index (κ3) is 4.24. The van der Waals surface area contributed by atoms with Crippen LogP contribution in [-0.4, -0.2) is 33.7 Å². The molecule has 0 spiro atoms. The van der Waals surface area contributed by atoms with E-state index >= 15 is 0 Å². The molecule has 3 aromatic rings. The smallest absolute Gasteiger partial charge is 0.246 e. The van der Waals surface area contributed by atoms with Gasteiger partial charge in [0.05, 0.1) is 17.2 Å². The van der Waals surface area contributed by atoms with Gasteiger partial charge in [0.2, 0.25) is 17.6 Å². The van der Waals surface area contributed by atoms with E-state index in [1.807, 2.05) is 48.7 Å². The maximum absolute atomic E-state index is 12.2. The van der Waals surface area contributed by atoms with Crippen molar-refractivity contribution in [3.05, 3.63) is 53.2 Å². The number of rotatable bonds is 6. The zero-order chi connectivity index (χ0) is 16.9. The van der Waals surface area contributed by atoms with Crippen LogP contribution < -0.4 is 0 Å². The quantitative estimate of drug-likeness (QED) is 0.626. The molecule has 1 aromatic carbocycles. The fraction of sp³-hybridized carbons (Fsp3) is 0.235. The number of carbonyl (C=O) groups is 1. The second-order valence-electron chi connectivity index (χ2n) is 5.34. The number of thioether (sulfide) groups is 1. The van der Waals surface area contributed by atoms with Gasteiger partial charge in [-0.15, -0.1) is 23.1 Å². The molecule has 1 amide bonds. The number of hydrogen-bond donors (Lipinski definition) is 0. The SMILES string of the molecule is Cc1ccc(SCC(=O)N(C)Cc2nc(-c3cccs3)no2)cc1. The summed E-state index contributed by atoms with van der Waals surface area (Å²) >= 11 is 3.08. The molecule has 0 atom stereocenters. The van der Waals surface area contributed by atoms with Crippen molar-refractivity contribution < 1.29 is 9.32 Å². The Morgan fingerprint density at radius 3 is 2.79 bits per heavy atom. The maximum atomic E-state index is 12.2. The Labute approximate surface area is 148 Å². The fourth-order valence-electron chi connectivity index (χ4n) is 2.01. The van der Waals surface area contributed by atoms with Gasteiger partial charge in [0.1, 0.15) is 0 Å². The maximum Gasteiger partial charge on any atom is 0.246 e. The van der Waals surface area contributed by atoms with Crippen LogP contribution in [0.1, 0.15) is 11.5 Å². The van der Waals surface area contributed by atoms with E-state index in [1.54, 1.807) is 23.3 Å². The van der Waals surface area contributed by atoms with E-state index < -0.39 is 0 Å². The van der Waals surface area contributed by atoms with Crippen LogP contribution in [0.15, 0.2) is 51.2 Å². The Hall–Kier alpha value is -2.12. The van der Waals surface area contributed by atoms with E-state index in [-0.39, 0.29) is 5.91 Å². The van der Waals surface area contributed by atoms with E-state index in [0.717, 1.165) is 9.77 Å².